The van der Waals surface area contributed by atoms with Crippen LogP contribution in [0.15, 0.2) is 65.5 Å². The molecule has 0 spiro atoms. The largest absolute Gasteiger partial charge is 0.507 e. The van der Waals surface area contributed by atoms with Gasteiger partial charge in [-0.05, 0) is 39.0 Å². The van der Waals surface area contributed by atoms with Gasteiger partial charge in [0.1, 0.15) is 23.4 Å². The molecule has 4 aliphatic rings. The molecule has 3 aromatic rings. The summed E-state index contributed by atoms with van der Waals surface area (Å²) in [4.78, 5) is 58.2. The smallest absolute Gasteiger partial charge is 0.312 e. The molecule has 18 heteroatoms. The molecule has 18 nitrogen and oxygen atoms in total. The number of ketones is 1. The summed E-state index contributed by atoms with van der Waals surface area (Å²) in [5.74, 6) is -9.58. The van der Waals surface area contributed by atoms with Crippen molar-refractivity contribution in [2.45, 2.75) is 92.5 Å². The fourth-order valence-electron chi connectivity index (χ4n) is 9.20. The maximum absolute atomic E-state index is 14.5. The first-order valence-corrected chi connectivity index (χ1v) is 23.0. The normalized spacial score (nSPS) is 29.0. The van der Waals surface area contributed by atoms with Crippen LogP contribution in [0.2, 0.25) is 0 Å². The molecule has 2 amide bonds. The van der Waals surface area contributed by atoms with Gasteiger partial charge in [0.2, 0.25) is 0 Å². The van der Waals surface area contributed by atoms with Crippen molar-refractivity contribution in [2.24, 2.45) is 28.8 Å². The summed E-state index contributed by atoms with van der Waals surface area (Å²) in [6.45, 7) is 17.0. The summed E-state index contributed by atoms with van der Waals surface area (Å²) in [7, 11) is 1.42. The summed E-state index contributed by atoms with van der Waals surface area (Å²) < 4.78 is 23.6. The molecule has 372 valence electrons. The molecule has 0 saturated carbocycles. The number of hydrogen-bond acceptors (Lipinski definition) is 16. The zero-order valence-corrected chi connectivity index (χ0v) is 40.8. The third-order valence-electron chi connectivity index (χ3n) is 13.6. The maximum atomic E-state index is 14.5. The van der Waals surface area contributed by atoms with Gasteiger partial charge in [0, 0.05) is 93.0 Å². The van der Waals surface area contributed by atoms with Crippen molar-refractivity contribution < 1.29 is 63.7 Å². The zero-order valence-electron chi connectivity index (χ0n) is 40.8. The number of benzene rings is 3. The van der Waals surface area contributed by atoms with E-state index >= 15 is 0 Å². The van der Waals surface area contributed by atoms with Gasteiger partial charge in [-0.2, -0.15) is 5.10 Å². The van der Waals surface area contributed by atoms with Gasteiger partial charge in [0.05, 0.1) is 59.5 Å². The Morgan fingerprint density at radius 1 is 0.913 bits per heavy atom. The van der Waals surface area contributed by atoms with Crippen molar-refractivity contribution in [3.63, 3.8) is 0 Å². The van der Waals surface area contributed by atoms with E-state index in [9.17, 15) is 44.7 Å². The van der Waals surface area contributed by atoms with Gasteiger partial charge in [0.15, 0.2) is 5.75 Å². The Hall–Kier alpha value is -6.47. The lowest BCUT2D eigenvalue weighted by Gasteiger charge is -2.38. The van der Waals surface area contributed by atoms with Crippen LogP contribution in [0.4, 0.5) is 11.4 Å². The minimum Gasteiger partial charge on any atom is -0.507 e. The number of rotatable bonds is 7. The van der Waals surface area contributed by atoms with E-state index in [-0.39, 0.29) is 39.9 Å². The number of ether oxygens (including phenoxy) is 4. The average molecular weight is 956 g/mol. The summed E-state index contributed by atoms with van der Waals surface area (Å²) in [5.41, 5.74) is 3.82. The topological polar surface area (TPSA) is 249 Å². The Balaban J connectivity index is 1.40. The lowest BCUT2D eigenvalue weighted by atomic mass is 9.78. The molecule has 4 heterocycles. The fourth-order valence-corrected chi connectivity index (χ4v) is 9.20. The lowest BCUT2D eigenvalue weighted by molar-refractivity contribution is -0.160. The zero-order chi connectivity index (χ0) is 50.6. The summed E-state index contributed by atoms with van der Waals surface area (Å²) in [6, 6.07) is 8.24. The third kappa shape index (κ3) is 10.9. The number of anilines is 2. The number of nitrogens with zero attached hydrogens (tertiary/aromatic N) is 3. The molecule has 0 unspecified atom stereocenters. The molecule has 1 fully saturated rings. The van der Waals surface area contributed by atoms with Crippen molar-refractivity contribution in [1.29, 1.82) is 0 Å². The van der Waals surface area contributed by atoms with E-state index in [1.54, 1.807) is 39.8 Å². The third-order valence-corrected chi connectivity index (χ3v) is 13.6. The first-order valence-electron chi connectivity index (χ1n) is 23.0. The Morgan fingerprint density at radius 3 is 2.22 bits per heavy atom. The highest BCUT2D eigenvalue weighted by atomic mass is 16.7. The van der Waals surface area contributed by atoms with Crippen LogP contribution in [0, 0.1) is 37.5 Å². The number of nitrogens with one attached hydrogen (secondary N) is 2. The molecule has 7 rings (SSSR count). The molecule has 3 aromatic carbocycles. The molecule has 0 aromatic heterocycles. The fraction of sp³-hybridized carbons (Fsp3) is 0.471. The number of amides is 2. The average Bonchev–Trinajstić information content (AvgIpc) is 3.58. The number of methoxy groups -OCH3 is 1. The number of esters is 1. The number of fused-ring (bicyclic) bond motifs is 14. The van der Waals surface area contributed by atoms with E-state index < -0.39 is 106 Å². The lowest BCUT2D eigenvalue weighted by Crippen LogP contribution is -2.49. The van der Waals surface area contributed by atoms with Crippen LogP contribution in [-0.2, 0) is 28.6 Å². The Labute approximate surface area is 401 Å². The van der Waals surface area contributed by atoms with Crippen LogP contribution < -0.4 is 20.4 Å². The van der Waals surface area contributed by atoms with Gasteiger partial charge in [-0.25, -0.2) is 5.43 Å². The number of aliphatic hydroxyl groups is 2. The van der Waals surface area contributed by atoms with Crippen LogP contribution in [0.25, 0.3) is 10.8 Å². The number of hydrazone groups is 1. The van der Waals surface area contributed by atoms with Crippen molar-refractivity contribution in [1.82, 2.24) is 10.3 Å². The van der Waals surface area contributed by atoms with Crippen molar-refractivity contribution in [3.8, 4) is 23.0 Å². The van der Waals surface area contributed by atoms with Crippen molar-refractivity contribution >= 4 is 51.9 Å². The Morgan fingerprint density at radius 2 is 1.58 bits per heavy atom. The van der Waals surface area contributed by atoms with Gasteiger partial charge in [-0.15, -0.1) is 0 Å². The highest BCUT2D eigenvalue weighted by molar-refractivity contribution is 6.24. The molecule has 9 atom stereocenters. The molecule has 4 aliphatic heterocycles. The predicted molar refractivity (Wildman–Crippen MR) is 259 cm³/mol. The van der Waals surface area contributed by atoms with Gasteiger partial charge >= 0.3 is 11.8 Å². The number of aromatic hydroxyl groups is 3. The quantitative estimate of drug-likeness (QED) is 0.0520. The summed E-state index contributed by atoms with van der Waals surface area (Å²) in [5, 5.41) is 64.8. The van der Waals surface area contributed by atoms with Crippen molar-refractivity contribution in [3.05, 3.63) is 82.7 Å². The van der Waals surface area contributed by atoms with Crippen molar-refractivity contribution in [2.75, 3.05) is 50.1 Å². The highest BCUT2D eigenvalue weighted by Gasteiger charge is 2.50. The molecule has 7 N–H and O–H groups in total. The summed E-state index contributed by atoms with van der Waals surface area (Å²) >= 11 is 0. The van der Waals surface area contributed by atoms with E-state index in [0.29, 0.717) is 26.2 Å². The summed E-state index contributed by atoms with van der Waals surface area (Å²) in [6.07, 6.45) is 4.28. The minimum atomic E-state index is -2.11. The van der Waals surface area contributed by atoms with E-state index in [1.165, 1.54) is 53.2 Å². The van der Waals surface area contributed by atoms with Gasteiger partial charge in [-0.1, -0.05) is 63.6 Å². The monoisotopic (exact) mass is 955 g/mol. The number of hydrogen-bond donors (Lipinski definition) is 7. The molecule has 5 bridgehead atoms. The SMILES string of the molecule is CO[C@H]1/C=C/O[C@@]2(C)Oc3c(C)c(O)c4c(O)c(c(/C=N/NC(=O)CN5CCN(c6ccc(C)cc6)CC5)c(O)c4c3C2=O)NC(=O)/C(C)=C\C=C\[C@H](C)[C@H](O)[C@@H](C)[C@@H](O)[C@@H](C)[C@H](OC(C)=O)[C@@H]1C. The number of phenolic OH excluding ortho intramolecular Hbond substituents is 3. The molecule has 0 radical (unpaired) electrons. The predicted octanol–water partition coefficient (Wildman–Crippen LogP) is 5.33. The molecular weight excluding hydrogens is 891 g/mol. The number of carbonyl (C=O) groups is 4. The number of Topliss-reactive ketones (excluding diaryl/α,β-unsaturated/α-hetero) is 1. The van der Waals surface area contributed by atoms with Gasteiger partial charge < -0.3 is 54.7 Å². The van der Waals surface area contributed by atoms with E-state index in [2.05, 4.69) is 45.0 Å². The second kappa shape index (κ2) is 21.4. The van der Waals surface area contributed by atoms with E-state index in [0.717, 1.165) is 17.5 Å². The highest BCUT2D eigenvalue weighted by Crippen LogP contribution is 2.55. The van der Waals surface area contributed by atoms with Crippen LogP contribution in [0.1, 0.15) is 75.5 Å². The molecule has 1 saturated heterocycles. The second-order valence-corrected chi connectivity index (χ2v) is 18.5. The van der Waals surface area contributed by atoms with Crippen LogP contribution in [0.5, 0.6) is 23.0 Å². The standard InChI is InChI=1S/C51H65N5O13/c1-26-14-16-34(17-15-26)56-21-19-55(20-22-56)25-37(58)54-52-24-35-41-46(63)39-38(45(35)62)40-48(32(7)44(39)61)69-51(9,49(40)64)67-23-18-36(66-10)29(4)47(68-33(8)57)31(6)43(60)30(5)42(59)27(2)12-11-13-28(3)50(65)53-41/h11-18,23-24,27,29-31,36,42-43,47,59-63H,19-22,25H2,1-10H3,(H,53,65)(H,54,58)/b12-11+,23-18+,28-13-,52-24+/t27-,29+,30+,31+,36-,42-,43+,47+,51-/m0/s1. The number of piperazine rings is 1. The second-order valence-electron chi connectivity index (χ2n) is 18.5. The van der Waals surface area contributed by atoms with Crippen LogP contribution in [0.3, 0.4) is 0 Å². The number of phenols is 3. The number of aryl methyl sites for hydroxylation is 1. The maximum Gasteiger partial charge on any atom is 0.312 e. The molecule has 0 aliphatic carbocycles. The number of carbonyl (C=O) groups excluding carboxylic acids is 4. The van der Waals surface area contributed by atoms with Gasteiger partial charge in [0.25, 0.3) is 17.6 Å². The molecule has 69 heavy (non-hydrogen) atoms. The van der Waals surface area contributed by atoms with E-state index in [4.69, 9.17) is 18.9 Å². The minimum absolute atomic E-state index is 0.0000549. The number of allylic oxidation sites excluding steroid dienone is 2. The van der Waals surface area contributed by atoms with Crippen LogP contribution in [-0.4, -0.2) is 130 Å². The van der Waals surface area contributed by atoms with Gasteiger partial charge in [-0.3, -0.25) is 24.1 Å². The van der Waals surface area contributed by atoms with E-state index in [1.807, 2.05) is 11.8 Å². The first kappa shape index (κ1) is 51.9. The molecular formula is C51H65N5O13. The first-order chi connectivity index (χ1) is 32.6. The number of aliphatic hydroxyl groups excluding tert-OH is 2. The Bertz CT molecular complexity index is 2570. The van der Waals surface area contributed by atoms with Crippen LogP contribution >= 0.6 is 0 Å². The Kier molecular flexibility index (Phi) is 16.1.